The number of amides is 2. The first-order chi connectivity index (χ1) is 15.8. The van der Waals surface area contributed by atoms with E-state index in [0.717, 1.165) is 16.8 Å². The Morgan fingerprint density at radius 2 is 1.70 bits per heavy atom. The highest BCUT2D eigenvalue weighted by Gasteiger charge is 2.16. The molecule has 33 heavy (non-hydrogen) atoms. The van der Waals surface area contributed by atoms with E-state index in [1.54, 1.807) is 16.7 Å². The zero-order valence-electron chi connectivity index (χ0n) is 18.6. The van der Waals surface area contributed by atoms with Gasteiger partial charge < -0.3 is 20.3 Å². The molecule has 0 radical (unpaired) electrons. The van der Waals surface area contributed by atoms with Gasteiger partial charge in [0.05, 0.1) is 17.7 Å². The predicted molar refractivity (Wildman–Crippen MR) is 127 cm³/mol. The summed E-state index contributed by atoms with van der Waals surface area (Å²) < 4.78 is 1.79. The molecule has 2 amide bonds. The maximum absolute atomic E-state index is 12.5. The molecule has 0 saturated heterocycles. The summed E-state index contributed by atoms with van der Waals surface area (Å²) in [5.74, 6) is -0.999. The fraction of sp³-hybridized carbons (Fsp3) is 0.261. The molecule has 2 aromatic carbocycles. The number of carboxylic acid groups (broad SMARTS) is 1. The van der Waals surface area contributed by atoms with Crippen molar-refractivity contribution in [2.45, 2.75) is 38.9 Å². The summed E-state index contributed by atoms with van der Waals surface area (Å²) in [6.07, 6.45) is 0.0580. The molecule has 0 fully saturated rings. The molecule has 172 valence electrons. The molecule has 0 aliphatic rings. The summed E-state index contributed by atoms with van der Waals surface area (Å²) in [5.41, 5.74) is 3.47. The van der Waals surface area contributed by atoms with Gasteiger partial charge in [0.15, 0.2) is 5.16 Å². The van der Waals surface area contributed by atoms with Gasteiger partial charge >= 0.3 is 5.97 Å². The highest BCUT2D eigenvalue weighted by Crippen LogP contribution is 2.19. The number of anilines is 2. The summed E-state index contributed by atoms with van der Waals surface area (Å²) in [6.45, 7) is 6.46. The third kappa shape index (κ3) is 6.42. The first-order valence-electron chi connectivity index (χ1n) is 10.3. The molecule has 0 aliphatic heterocycles. The number of hydrogen-bond donors (Lipinski definition) is 3. The summed E-state index contributed by atoms with van der Waals surface area (Å²) in [7, 11) is 0. The Hall–Kier alpha value is -3.66. The summed E-state index contributed by atoms with van der Waals surface area (Å²) in [6, 6.07) is 11.8. The molecule has 10 heteroatoms. The quantitative estimate of drug-likeness (QED) is 0.411. The Bertz CT molecular complexity index is 1190. The van der Waals surface area contributed by atoms with Gasteiger partial charge in [0.2, 0.25) is 11.8 Å². The van der Waals surface area contributed by atoms with E-state index in [9.17, 15) is 14.4 Å². The molecule has 3 aromatic rings. The van der Waals surface area contributed by atoms with E-state index in [2.05, 4.69) is 20.8 Å². The molecular weight excluding hydrogens is 442 g/mol. The van der Waals surface area contributed by atoms with Gasteiger partial charge in [0, 0.05) is 17.9 Å². The van der Waals surface area contributed by atoms with Gasteiger partial charge in [0.1, 0.15) is 5.82 Å². The van der Waals surface area contributed by atoms with Crippen molar-refractivity contribution in [2.75, 3.05) is 16.4 Å². The second kappa shape index (κ2) is 10.8. The normalized spacial score (nSPS) is 10.6. The van der Waals surface area contributed by atoms with Crippen molar-refractivity contribution in [2.24, 2.45) is 0 Å². The van der Waals surface area contributed by atoms with E-state index in [1.807, 2.05) is 39.0 Å². The van der Waals surface area contributed by atoms with Gasteiger partial charge in [-0.3, -0.25) is 9.59 Å². The second-order valence-corrected chi connectivity index (χ2v) is 8.33. The zero-order valence-corrected chi connectivity index (χ0v) is 19.4. The van der Waals surface area contributed by atoms with Gasteiger partial charge in [-0.05, 0) is 62.2 Å². The van der Waals surface area contributed by atoms with E-state index >= 15 is 0 Å². The predicted octanol–water partition coefficient (Wildman–Crippen LogP) is 3.53. The van der Waals surface area contributed by atoms with Crippen LogP contribution in [0.3, 0.4) is 0 Å². The van der Waals surface area contributed by atoms with E-state index in [4.69, 9.17) is 5.11 Å². The minimum Gasteiger partial charge on any atom is -0.478 e. The summed E-state index contributed by atoms with van der Waals surface area (Å²) >= 11 is 1.19. The number of aryl methyl sites for hydroxylation is 2. The first kappa shape index (κ1) is 24.0. The lowest BCUT2D eigenvalue weighted by Crippen LogP contribution is -2.18. The lowest BCUT2D eigenvalue weighted by Gasteiger charge is -2.09. The van der Waals surface area contributed by atoms with Crippen molar-refractivity contribution in [1.82, 2.24) is 14.8 Å². The maximum Gasteiger partial charge on any atom is 0.335 e. The number of aromatic nitrogens is 3. The van der Waals surface area contributed by atoms with Crippen LogP contribution >= 0.6 is 11.8 Å². The van der Waals surface area contributed by atoms with E-state index in [0.29, 0.717) is 23.2 Å². The SMILES string of the molecule is CCn1c(CC(=O)Nc2ccc(C)c(C)c2)nnc1SCC(=O)Nc1cccc(C(=O)O)c1. The van der Waals surface area contributed by atoms with Crippen molar-refractivity contribution >= 4 is 40.9 Å². The van der Waals surface area contributed by atoms with Crippen LogP contribution in [-0.4, -0.2) is 43.4 Å². The Kier molecular flexibility index (Phi) is 7.83. The van der Waals surface area contributed by atoms with Gasteiger partial charge in [-0.25, -0.2) is 4.79 Å². The van der Waals surface area contributed by atoms with Crippen LogP contribution in [0.2, 0.25) is 0 Å². The van der Waals surface area contributed by atoms with Crippen molar-refractivity contribution in [3.63, 3.8) is 0 Å². The van der Waals surface area contributed by atoms with Gasteiger partial charge in [-0.1, -0.05) is 23.9 Å². The molecule has 0 atom stereocenters. The van der Waals surface area contributed by atoms with Crippen LogP contribution in [0.25, 0.3) is 0 Å². The van der Waals surface area contributed by atoms with E-state index in [-0.39, 0.29) is 29.6 Å². The average Bonchev–Trinajstić information content (AvgIpc) is 3.16. The molecule has 3 rings (SSSR count). The van der Waals surface area contributed by atoms with Crippen LogP contribution in [-0.2, 0) is 22.6 Å². The topological polar surface area (TPSA) is 126 Å². The number of hydrogen-bond acceptors (Lipinski definition) is 6. The van der Waals surface area contributed by atoms with Crippen LogP contribution in [0.1, 0.15) is 34.2 Å². The van der Waals surface area contributed by atoms with Crippen LogP contribution in [0, 0.1) is 13.8 Å². The minimum absolute atomic E-state index is 0.0580. The molecule has 0 saturated carbocycles. The highest BCUT2D eigenvalue weighted by molar-refractivity contribution is 7.99. The van der Waals surface area contributed by atoms with Crippen LogP contribution in [0.4, 0.5) is 11.4 Å². The largest absolute Gasteiger partial charge is 0.478 e. The lowest BCUT2D eigenvalue weighted by atomic mass is 10.1. The molecule has 1 aromatic heterocycles. The molecule has 3 N–H and O–H groups in total. The Morgan fingerprint density at radius 3 is 2.39 bits per heavy atom. The van der Waals surface area contributed by atoms with Crippen LogP contribution < -0.4 is 10.6 Å². The van der Waals surface area contributed by atoms with E-state index < -0.39 is 5.97 Å². The number of thioether (sulfide) groups is 1. The monoisotopic (exact) mass is 467 g/mol. The Balaban J connectivity index is 1.59. The summed E-state index contributed by atoms with van der Waals surface area (Å²) in [4.78, 5) is 35.9. The Morgan fingerprint density at radius 1 is 0.970 bits per heavy atom. The van der Waals surface area contributed by atoms with Gasteiger partial charge in [-0.15, -0.1) is 10.2 Å². The van der Waals surface area contributed by atoms with Crippen LogP contribution in [0.15, 0.2) is 47.6 Å². The molecular formula is C23H25N5O4S. The average molecular weight is 468 g/mol. The van der Waals surface area contributed by atoms with Crippen molar-refractivity contribution in [3.8, 4) is 0 Å². The molecule has 9 nitrogen and oxygen atoms in total. The fourth-order valence-corrected chi connectivity index (χ4v) is 3.92. The highest BCUT2D eigenvalue weighted by atomic mass is 32.2. The molecule has 0 unspecified atom stereocenters. The van der Waals surface area contributed by atoms with Crippen molar-refractivity contribution < 1.29 is 19.5 Å². The molecule has 0 aliphatic carbocycles. The minimum atomic E-state index is -1.06. The molecule has 0 spiro atoms. The van der Waals surface area contributed by atoms with Crippen molar-refractivity contribution in [3.05, 3.63) is 65.0 Å². The number of rotatable bonds is 9. The number of nitrogens with zero attached hydrogens (tertiary/aromatic N) is 3. The smallest absolute Gasteiger partial charge is 0.335 e. The zero-order chi connectivity index (χ0) is 24.0. The first-order valence-corrected chi connectivity index (χ1v) is 11.3. The third-order valence-corrected chi connectivity index (χ3v) is 5.91. The lowest BCUT2D eigenvalue weighted by molar-refractivity contribution is -0.116. The maximum atomic E-state index is 12.5. The number of nitrogens with one attached hydrogen (secondary N) is 2. The number of carbonyl (C=O) groups excluding carboxylic acids is 2. The number of carboxylic acids is 1. The summed E-state index contributed by atoms with van der Waals surface area (Å²) in [5, 5.41) is 23.4. The standard InChI is InChI=1S/C23H25N5O4S/c1-4-28-19(12-20(29)24-18-9-8-14(2)15(3)10-18)26-27-23(28)33-13-21(30)25-17-7-5-6-16(11-17)22(31)32/h5-11H,4,12-13H2,1-3H3,(H,24,29)(H,25,30)(H,31,32). The van der Waals surface area contributed by atoms with Crippen molar-refractivity contribution in [1.29, 1.82) is 0 Å². The third-order valence-electron chi connectivity index (χ3n) is 4.94. The Labute approximate surface area is 195 Å². The van der Waals surface area contributed by atoms with E-state index in [1.165, 1.54) is 23.9 Å². The second-order valence-electron chi connectivity index (χ2n) is 7.39. The number of benzene rings is 2. The fourth-order valence-electron chi connectivity index (χ4n) is 3.10. The van der Waals surface area contributed by atoms with Gasteiger partial charge in [-0.2, -0.15) is 0 Å². The molecule has 1 heterocycles. The molecule has 0 bridgehead atoms. The van der Waals surface area contributed by atoms with Crippen LogP contribution in [0.5, 0.6) is 0 Å². The number of aromatic carboxylic acids is 1. The number of carbonyl (C=O) groups is 3. The van der Waals surface area contributed by atoms with Gasteiger partial charge in [0.25, 0.3) is 0 Å².